The van der Waals surface area contributed by atoms with Crippen molar-refractivity contribution in [3.05, 3.63) is 17.0 Å². The van der Waals surface area contributed by atoms with Crippen LogP contribution in [0.15, 0.2) is 4.52 Å². The lowest BCUT2D eigenvalue weighted by molar-refractivity contribution is 0.202. The van der Waals surface area contributed by atoms with Crippen molar-refractivity contribution in [3.8, 4) is 0 Å². The van der Waals surface area contributed by atoms with Crippen molar-refractivity contribution in [1.82, 2.24) is 10.1 Å². The van der Waals surface area contributed by atoms with Gasteiger partial charge >= 0.3 is 0 Å². The van der Waals surface area contributed by atoms with Gasteiger partial charge in [0.2, 0.25) is 0 Å². The molecule has 0 saturated carbocycles. The maximum atomic E-state index is 5.17. The molecule has 2 heterocycles. The molecule has 1 aromatic rings. The van der Waals surface area contributed by atoms with Crippen LogP contribution in [-0.4, -0.2) is 22.6 Å². The van der Waals surface area contributed by atoms with Gasteiger partial charge in [0.1, 0.15) is 5.76 Å². The second-order valence-electron chi connectivity index (χ2n) is 3.98. The van der Waals surface area contributed by atoms with Crippen LogP contribution in [0, 0.1) is 6.92 Å². The molecule has 0 aromatic carbocycles. The van der Waals surface area contributed by atoms with Gasteiger partial charge in [-0.15, -0.1) is 0 Å². The van der Waals surface area contributed by atoms with Crippen molar-refractivity contribution < 1.29 is 4.52 Å². The molecule has 1 aromatic heterocycles. The van der Waals surface area contributed by atoms with Crippen molar-refractivity contribution in [3.63, 3.8) is 0 Å². The minimum atomic E-state index is 0.613. The van der Waals surface area contributed by atoms with Crippen LogP contribution in [0.1, 0.15) is 30.9 Å². The smallest absolute Gasteiger partial charge is 0.138 e. The van der Waals surface area contributed by atoms with Crippen molar-refractivity contribution >= 4 is 0 Å². The van der Waals surface area contributed by atoms with Crippen molar-refractivity contribution in [2.75, 3.05) is 6.54 Å². The Balaban J connectivity index is 2.22. The van der Waals surface area contributed by atoms with E-state index in [0.717, 1.165) is 31.0 Å². The summed E-state index contributed by atoms with van der Waals surface area (Å²) in [5, 5.41) is 4.05. The van der Waals surface area contributed by atoms with Gasteiger partial charge in [-0.1, -0.05) is 5.16 Å². The summed E-state index contributed by atoms with van der Waals surface area (Å²) in [5.74, 6) is 0.986. The minimum absolute atomic E-state index is 0.613. The minimum Gasteiger partial charge on any atom is -0.361 e. The lowest BCUT2D eigenvalue weighted by Crippen LogP contribution is -2.35. The van der Waals surface area contributed by atoms with E-state index in [-0.39, 0.29) is 0 Å². The lowest BCUT2D eigenvalue weighted by Gasteiger charge is -2.29. The quantitative estimate of drug-likeness (QED) is 0.659. The molecule has 2 rings (SSSR count). The monoisotopic (exact) mass is 180 g/mol. The van der Waals surface area contributed by atoms with Gasteiger partial charge in [0.15, 0.2) is 0 Å². The van der Waals surface area contributed by atoms with Crippen LogP contribution < -0.4 is 0 Å². The first kappa shape index (κ1) is 8.75. The van der Waals surface area contributed by atoms with Gasteiger partial charge in [-0.25, -0.2) is 0 Å². The molecule has 0 aliphatic carbocycles. The zero-order chi connectivity index (χ0) is 9.42. The fraction of sp³-hybridized carbons (Fsp3) is 0.700. The number of aromatic nitrogens is 1. The molecule has 0 spiro atoms. The summed E-state index contributed by atoms with van der Waals surface area (Å²) in [7, 11) is 0. The summed E-state index contributed by atoms with van der Waals surface area (Å²) in [6, 6.07) is 0.613. The van der Waals surface area contributed by atoms with Crippen molar-refractivity contribution in [2.45, 2.75) is 39.8 Å². The summed E-state index contributed by atoms with van der Waals surface area (Å²) in [6.07, 6.45) is 1.03. The molecule has 0 saturated heterocycles. The Morgan fingerprint density at radius 2 is 2.23 bits per heavy atom. The highest BCUT2D eigenvalue weighted by Gasteiger charge is 2.23. The van der Waals surface area contributed by atoms with Crippen LogP contribution in [0.2, 0.25) is 0 Å². The summed E-state index contributed by atoms with van der Waals surface area (Å²) in [6.45, 7) is 8.57. The topological polar surface area (TPSA) is 29.3 Å². The summed E-state index contributed by atoms with van der Waals surface area (Å²) >= 11 is 0. The highest BCUT2D eigenvalue weighted by molar-refractivity contribution is 5.24. The summed E-state index contributed by atoms with van der Waals surface area (Å²) in [5.41, 5.74) is 2.47. The van der Waals surface area contributed by atoms with E-state index in [0.29, 0.717) is 6.04 Å². The average Bonchev–Trinajstić information content (AvgIpc) is 2.47. The third-order valence-corrected chi connectivity index (χ3v) is 2.79. The predicted octanol–water partition coefficient (Wildman–Crippen LogP) is 1.75. The van der Waals surface area contributed by atoms with E-state index < -0.39 is 0 Å². The second-order valence-corrected chi connectivity index (χ2v) is 3.98. The molecular formula is C10H16N2O. The lowest BCUT2D eigenvalue weighted by atomic mass is 10.1. The van der Waals surface area contributed by atoms with Gasteiger partial charge in [-0.3, -0.25) is 4.90 Å². The van der Waals surface area contributed by atoms with E-state index in [1.165, 1.54) is 5.56 Å². The van der Waals surface area contributed by atoms with Gasteiger partial charge in [0, 0.05) is 31.1 Å². The van der Waals surface area contributed by atoms with Gasteiger partial charge in [-0.05, 0) is 20.8 Å². The van der Waals surface area contributed by atoms with Crippen LogP contribution >= 0.6 is 0 Å². The van der Waals surface area contributed by atoms with Gasteiger partial charge < -0.3 is 4.52 Å². The molecule has 1 aliphatic heterocycles. The van der Waals surface area contributed by atoms with Crippen LogP contribution in [-0.2, 0) is 13.0 Å². The molecule has 0 bridgehead atoms. The highest BCUT2D eigenvalue weighted by atomic mass is 16.5. The number of hydrogen-bond donors (Lipinski definition) is 0. The van der Waals surface area contributed by atoms with Gasteiger partial charge in [-0.2, -0.15) is 0 Å². The van der Waals surface area contributed by atoms with E-state index in [4.69, 9.17) is 4.52 Å². The van der Waals surface area contributed by atoms with Crippen LogP contribution in [0.25, 0.3) is 0 Å². The largest absolute Gasteiger partial charge is 0.361 e. The second kappa shape index (κ2) is 3.14. The average molecular weight is 180 g/mol. The molecule has 3 nitrogen and oxygen atoms in total. The Morgan fingerprint density at radius 3 is 2.92 bits per heavy atom. The van der Waals surface area contributed by atoms with Gasteiger partial charge in [0.25, 0.3) is 0 Å². The van der Waals surface area contributed by atoms with E-state index in [1.54, 1.807) is 0 Å². The Hall–Kier alpha value is -0.830. The molecule has 0 amide bonds. The maximum absolute atomic E-state index is 5.17. The highest BCUT2D eigenvalue weighted by Crippen LogP contribution is 2.22. The van der Waals surface area contributed by atoms with E-state index in [1.807, 2.05) is 6.92 Å². The molecule has 0 unspecified atom stereocenters. The summed E-state index contributed by atoms with van der Waals surface area (Å²) < 4.78 is 5.17. The first-order chi connectivity index (χ1) is 6.18. The Morgan fingerprint density at radius 1 is 1.46 bits per heavy atom. The third-order valence-electron chi connectivity index (χ3n) is 2.79. The van der Waals surface area contributed by atoms with Crippen LogP contribution in [0.3, 0.4) is 0 Å². The first-order valence-electron chi connectivity index (χ1n) is 4.86. The Kier molecular flexibility index (Phi) is 2.12. The first-order valence-corrected chi connectivity index (χ1v) is 4.86. The fourth-order valence-corrected chi connectivity index (χ4v) is 1.81. The molecule has 3 heteroatoms. The van der Waals surface area contributed by atoms with E-state index >= 15 is 0 Å². The molecule has 0 N–H and O–H groups in total. The molecule has 0 fully saturated rings. The fourth-order valence-electron chi connectivity index (χ4n) is 1.81. The van der Waals surface area contributed by atoms with Crippen LogP contribution in [0.5, 0.6) is 0 Å². The normalized spacial score (nSPS) is 17.8. The third kappa shape index (κ3) is 1.48. The number of nitrogens with zero attached hydrogens (tertiary/aromatic N) is 2. The van der Waals surface area contributed by atoms with Crippen molar-refractivity contribution in [2.24, 2.45) is 0 Å². The Labute approximate surface area is 78.7 Å². The summed E-state index contributed by atoms with van der Waals surface area (Å²) in [4.78, 5) is 2.45. The number of hydrogen-bond acceptors (Lipinski definition) is 3. The SMILES string of the molecule is Cc1onc2c1CN(C(C)C)CC2. The van der Waals surface area contributed by atoms with Crippen molar-refractivity contribution in [1.29, 1.82) is 0 Å². The number of rotatable bonds is 1. The standard InChI is InChI=1S/C10H16N2O/c1-7(2)12-5-4-10-9(6-12)8(3)13-11-10/h7H,4-6H2,1-3H3. The zero-order valence-corrected chi connectivity index (χ0v) is 8.50. The van der Waals surface area contributed by atoms with E-state index in [9.17, 15) is 0 Å². The molecule has 1 aliphatic rings. The number of aryl methyl sites for hydroxylation is 1. The van der Waals surface area contributed by atoms with Crippen LogP contribution in [0.4, 0.5) is 0 Å². The molecule has 0 radical (unpaired) electrons. The molecular weight excluding hydrogens is 164 g/mol. The zero-order valence-electron chi connectivity index (χ0n) is 8.50. The molecule has 0 atom stereocenters. The molecule has 13 heavy (non-hydrogen) atoms. The van der Waals surface area contributed by atoms with E-state index in [2.05, 4.69) is 23.9 Å². The predicted molar refractivity (Wildman–Crippen MR) is 50.5 cm³/mol. The van der Waals surface area contributed by atoms with Gasteiger partial charge in [0.05, 0.1) is 5.69 Å². The Bertz CT molecular complexity index is 304. The molecule has 72 valence electrons. The maximum Gasteiger partial charge on any atom is 0.138 e. The number of fused-ring (bicyclic) bond motifs is 1.